The van der Waals surface area contributed by atoms with Crippen LogP contribution in [0.25, 0.3) is 0 Å². The Bertz CT molecular complexity index is 318. The summed E-state index contributed by atoms with van der Waals surface area (Å²) >= 11 is 0. The molecule has 2 fully saturated rings. The second-order valence-corrected chi connectivity index (χ2v) is 5.38. The fourth-order valence-electron chi connectivity index (χ4n) is 3.03. The number of hydrogen-bond donors (Lipinski definition) is 3. The molecule has 0 bridgehead atoms. The Labute approximate surface area is 108 Å². The van der Waals surface area contributed by atoms with Crippen LogP contribution in [0.5, 0.6) is 0 Å². The highest BCUT2D eigenvalue weighted by atomic mass is 16.2. The van der Waals surface area contributed by atoms with Gasteiger partial charge >= 0.3 is 0 Å². The normalized spacial score (nSPS) is 23.6. The monoisotopic (exact) mass is 253 g/mol. The third-order valence-electron chi connectivity index (χ3n) is 4.21. The van der Waals surface area contributed by atoms with Gasteiger partial charge in [0.2, 0.25) is 11.8 Å². The minimum Gasteiger partial charge on any atom is -0.357 e. The molecule has 1 aliphatic heterocycles. The van der Waals surface area contributed by atoms with Crippen LogP contribution in [-0.2, 0) is 9.59 Å². The molecule has 1 heterocycles. The second-order valence-electron chi connectivity index (χ2n) is 5.38. The van der Waals surface area contributed by atoms with E-state index in [0.29, 0.717) is 12.8 Å². The smallest absolute Gasteiger partial charge is 0.245 e. The van der Waals surface area contributed by atoms with Crippen LogP contribution in [0.15, 0.2) is 0 Å². The van der Waals surface area contributed by atoms with Crippen molar-refractivity contribution in [2.75, 3.05) is 20.1 Å². The largest absolute Gasteiger partial charge is 0.357 e. The average Bonchev–Trinajstić information content (AvgIpc) is 2.93. The van der Waals surface area contributed by atoms with Crippen molar-refractivity contribution in [3.8, 4) is 0 Å². The molecule has 18 heavy (non-hydrogen) atoms. The number of amides is 2. The first-order valence-electron chi connectivity index (χ1n) is 6.93. The Balaban J connectivity index is 2.04. The number of piperidine rings is 1. The highest BCUT2D eigenvalue weighted by Gasteiger charge is 2.41. The van der Waals surface area contributed by atoms with Crippen molar-refractivity contribution in [2.45, 2.75) is 44.1 Å². The van der Waals surface area contributed by atoms with E-state index in [1.54, 1.807) is 7.05 Å². The summed E-state index contributed by atoms with van der Waals surface area (Å²) in [6.07, 6.45) is 5.54. The minimum atomic E-state index is -0.695. The lowest BCUT2D eigenvalue weighted by atomic mass is 9.86. The van der Waals surface area contributed by atoms with Gasteiger partial charge in [0.25, 0.3) is 0 Å². The molecule has 0 aromatic heterocycles. The van der Waals surface area contributed by atoms with Crippen molar-refractivity contribution in [3.05, 3.63) is 0 Å². The van der Waals surface area contributed by atoms with Crippen LogP contribution in [0.4, 0.5) is 0 Å². The molecule has 1 saturated heterocycles. The van der Waals surface area contributed by atoms with E-state index in [-0.39, 0.29) is 17.7 Å². The van der Waals surface area contributed by atoms with Crippen molar-refractivity contribution in [1.29, 1.82) is 0 Å². The van der Waals surface area contributed by atoms with E-state index in [1.807, 2.05) is 0 Å². The molecule has 2 amide bonds. The lowest BCUT2D eigenvalue weighted by Crippen LogP contribution is -2.63. The van der Waals surface area contributed by atoms with Crippen molar-refractivity contribution in [3.63, 3.8) is 0 Å². The van der Waals surface area contributed by atoms with E-state index in [4.69, 9.17) is 0 Å². The maximum absolute atomic E-state index is 12.2. The standard InChI is InChI=1S/C13H23N3O2/c1-14-12(18)13(6-8-15-9-7-13)16-11(17)10-4-2-3-5-10/h10,15H,2-9H2,1H3,(H,14,18)(H,16,17). The Morgan fingerprint density at radius 2 is 1.78 bits per heavy atom. The fraction of sp³-hybridized carbons (Fsp3) is 0.846. The summed E-state index contributed by atoms with van der Waals surface area (Å²) < 4.78 is 0. The quantitative estimate of drug-likeness (QED) is 0.671. The zero-order chi connectivity index (χ0) is 13.0. The summed E-state index contributed by atoms with van der Waals surface area (Å²) in [5, 5.41) is 8.95. The van der Waals surface area contributed by atoms with Gasteiger partial charge < -0.3 is 16.0 Å². The summed E-state index contributed by atoms with van der Waals surface area (Å²) in [6.45, 7) is 1.55. The molecular weight excluding hydrogens is 230 g/mol. The number of likely N-dealkylation sites (N-methyl/N-ethyl adjacent to an activating group) is 1. The number of rotatable bonds is 3. The number of hydrogen-bond acceptors (Lipinski definition) is 3. The molecule has 0 atom stereocenters. The summed E-state index contributed by atoms with van der Waals surface area (Å²) in [4.78, 5) is 24.3. The van der Waals surface area contributed by atoms with Crippen LogP contribution in [0, 0.1) is 5.92 Å². The van der Waals surface area contributed by atoms with Gasteiger partial charge in [-0.1, -0.05) is 12.8 Å². The number of carbonyl (C=O) groups is 2. The molecule has 5 heteroatoms. The van der Waals surface area contributed by atoms with Crippen LogP contribution >= 0.6 is 0 Å². The van der Waals surface area contributed by atoms with E-state index in [1.165, 1.54) is 0 Å². The van der Waals surface area contributed by atoms with E-state index >= 15 is 0 Å². The molecule has 2 rings (SSSR count). The summed E-state index contributed by atoms with van der Waals surface area (Å²) in [7, 11) is 1.63. The first-order valence-corrected chi connectivity index (χ1v) is 6.93. The molecule has 0 aromatic rings. The fourth-order valence-corrected chi connectivity index (χ4v) is 3.03. The number of nitrogens with one attached hydrogen (secondary N) is 3. The van der Waals surface area contributed by atoms with E-state index in [2.05, 4.69) is 16.0 Å². The topological polar surface area (TPSA) is 70.2 Å². The van der Waals surface area contributed by atoms with Crippen LogP contribution in [0.2, 0.25) is 0 Å². The Morgan fingerprint density at radius 1 is 1.17 bits per heavy atom. The Kier molecular flexibility index (Phi) is 4.22. The van der Waals surface area contributed by atoms with Crippen molar-refractivity contribution >= 4 is 11.8 Å². The Morgan fingerprint density at radius 3 is 2.33 bits per heavy atom. The van der Waals surface area contributed by atoms with Gasteiger partial charge in [-0.2, -0.15) is 0 Å². The predicted molar refractivity (Wildman–Crippen MR) is 69.0 cm³/mol. The zero-order valence-corrected chi connectivity index (χ0v) is 11.1. The molecule has 0 radical (unpaired) electrons. The Hall–Kier alpha value is -1.10. The molecule has 0 unspecified atom stereocenters. The van der Waals surface area contributed by atoms with Gasteiger partial charge in [-0.05, 0) is 38.8 Å². The van der Waals surface area contributed by atoms with E-state index < -0.39 is 5.54 Å². The lowest BCUT2D eigenvalue weighted by molar-refractivity contribution is -0.136. The van der Waals surface area contributed by atoms with Crippen LogP contribution in [-0.4, -0.2) is 37.5 Å². The maximum atomic E-state index is 12.2. The average molecular weight is 253 g/mol. The molecule has 0 spiro atoms. The summed E-state index contributed by atoms with van der Waals surface area (Å²) in [6, 6.07) is 0. The summed E-state index contributed by atoms with van der Waals surface area (Å²) in [5.41, 5.74) is -0.695. The van der Waals surface area contributed by atoms with Crippen molar-refractivity contribution in [2.24, 2.45) is 5.92 Å². The minimum absolute atomic E-state index is 0.0599. The molecule has 0 aromatic carbocycles. The highest BCUT2D eigenvalue weighted by Crippen LogP contribution is 2.27. The molecule has 1 aliphatic carbocycles. The number of carbonyl (C=O) groups excluding carboxylic acids is 2. The first kappa shape index (κ1) is 13.3. The van der Waals surface area contributed by atoms with Crippen molar-refractivity contribution in [1.82, 2.24) is 16.0 Å². The van der Waals surface area contributed by atoms with E-state index in [9.17, 15) is 9.59 Å². The van der Waals surface area contributed by atoms with E-state index in [0.717, 1.165) is 38.8 Å². The predicted octanol–water partition coefficient (Wildman–Crippen LogP) is 0.161. The van der Waals surface area contributed by atoms with Gasteiger partial charge in [-0.3, -0.25) is 9.59 Å². The van der Waals surface area contributed by atoms with Gasteiger partial charge in [0.05, 0.1) is 0 Å². The molecule has 102 valence electrons. The SMILES string of the molecule is CNC(=O)C1(NC(=O)C2CCCC2)CCNCC1. The van der Waals surface area contributed by atoms with Gasteiger partial charge in [0, 0.05) is 13.0 Å². The first-order chi connectivity index (χ1) is 8.68. The summed E-state index contributed by atoms with van der Waals surface area (Å²) in [5.74, 6) is 0.120. The molecular formula is C13H23N3O2. The van der Waals surface area contributed by atoms with Gasteiger partial charge in [0.15, 0.2) is 0 Å². The zero-order valence-electron chi connectivity index (χ0n) is 11.1. The van der Waals surface area contributed by atoms with Crippen molar-refractivity contribution < 1.29 is 9.59 Å². The van der Waals surface area contributed by atoms with Crippen LogP contribution < -0.4 is 16.0 Å². The molecule has 5 nitrogen and oxygen atoms in total. The molecule has 3 N–H and O–H groups in total. The molecule has 1 saturated carbocycles. The maximum Gasteiger partial charge on any atom is 0.245 e. The molecule has 2 aliphatic rings. The van der Waals surface area contributed by atoms with Crippen LogP contribution in [0.3, 0.4) is 0 Å². The highest BCUT2D eigenvalue weighted by molar-refractivity contribution is 5.92. The van der Waals surface area contributed by atoms with Gasteiger partial charge in [-0.25, -0.2) is 0 Å². The lowest BCUT2D eigenvalue weighted by Gasteiger charge is -2.37. The van der Waals surface area contributed by atoms with Gasteiger partial charge in [0.1, 0.15) is 5.54 Å². The van der Waals surface area contributed by atoms with Gasteiger partial charge in [-0.15, -0.1) is 0 Å². The third kappa shape index (κ3) is 2.66. The third-order valence-corrected chi connectivity index (χ3v) is 4.21. The van der Waals surface area contributed by atoms with Crippen LogP contribution in [0.1, 0.15) is 38.5 Å². The second kappa shape index (κ2) is 5.69.